The molecule has 0 bridgehead atoms. The fourth-order valence-corrected chi connectivity index (χ4v) is 5.85. The summed E-state index contributed by atoms with van der Waals surface area (Å²) >= 11 is 0. The maximum absolute atomic E-state index is 15.1. The molecular formula is C31H31F4N9O2. The third-order valence-electron chi connectivity index (χ3n) is 8.23. The summed E-state index contributed by atoms with van der Waals surface area (Å²) in [6.07, 6.45) is 0.00698. The maximum Gasteiger partial charge on any atom is 0.265 e. The molecule has 0 amide bonds. The van der Waals surface area contributed by atoms with Gasteiger partial charge in [-0.2, -0.15) is 0 Å². The Hall–Kier alpha value is -4.89. The van der Waals surface area contributed by atoms with Crippen LogP contribution in [0.4, 0.5) is 29.1 Å². The number of ether oxygens (including phenoxy) is 1. The van der Waals surface area contributed by atoms with E-state index in [1.807, 2.05) is 35.2 Å². The number of halogens is 4. The number of aliphatic hydroxyl groups excluding tert-OH is 1. The lowest BCUT2D eigenvalue weighted by Gasteiger charge is -2.47. The lowest BCUT2D eigenvalue weighted by Crippen LogP contribution is -2.65. The van der Waals surface area contributed by atoms with E-state index in [1.165, 1.54) is 26.0 Å². The van der Waals surface area contributed by atoms with Crippen LogP contribution in [0.5, 0.6) is 5.75 Å². The van der Waals surface area contributed by atoms with Crippen LogP contribution in [0.2, 0.25) is 0 Å². The molecule has 0 unspecified atom stereocenters. The number of imidazole rings is 1. The highest BCUT2D eigenvalue weighted by Crippen LogP contribution is 2.34. The molecule has 2 atom stereocenters. The number of nitrogens with zero attached hydrogens (tertiary/aromatic N) is 7. The summed E-state index contributed by atoms with van der Waals surface area (Å²) in [6.45, 7) is 0.722. The van der Waals surface area contributed by atoms with Gasteiger partial charge in [-0.05, 0) is 24.5 Å². The van der Waals surface area contributed by atoms with Crippen molar-refractivity contribution in [3.63, 3.8) is 0 Å². The largest absolute Gasteiger partial charge is 0.494 e. The van der Waals surface area contributed by atoms with E-state index >= 15 is 4.39 Å². The number of aliphatic hydroxyl groups is 1. The van der Waals surface area contributed by atoms with Crippen LogP contribution in [0.3, 0.4) is 0 Å². The number of hydrogen-bond donors (Lipinski definition) is 3. The molecule has 4 heterocycles. The average Bonchev–Trinajstić information content (AvgIpc) is 3.48. The first kappa shape index (κ1) is 31.1. The first-order chi connectivity index (χ1) is 22.2. The van der Waals surface area contributed by atoms with Crippen molar-refractivity contribution in [2.24, 2.45) is 0 Å². The van der Waals surface area contributed by atoms with Crippen molar-refractivity contribution in [2.45, 2.75) is 44.0 Å². The van der Waals surface area contributed by atoms with E-state index in [2.05, 4.69) is 30.2 Å². The molecule has 0 radical (unpaired) electrons. The number of anilines is 2. The van der Waals surface area contributed by atoms with E-state index < -0.39 is 29.7 Å². The van der Waals surface area contributed by atoms with E-state index in [0.29, 0.717) is 35.5 Å². The molecule has 46 heavy (non-hydrogen) atoms. The number of rotatable bonds is 10. The number of aromatic nitrogens is 6. The van der Waals surface area contributed by atoms with Crippen molar-refractivity contribution >= 4 is 22.7 Å². The molecule has 0 saturated carbocycles. The number of nitrogens with one attached hydrogen (secondary N) is 1. The summed E-state index contributed by atoms with van der Waals surface area (Å²) in [4.78, 5) is 23.4. The Bertz CT molecular complexity index is 1840. The van der Waals surface area contributed by atoms with Crippen LogP contribution in [-0.4, -0.2) is 72.9 Å². The van der Waals surface area contributed by atoms with Crippen molar-refractivity contribution < 1.29 is 27.4 Å². The van der Waals surface area contributed by atoms with Gasteiger partial charge in [-0.1, -0.05) is 30.3 Å². The van der Waals surface area contributed by atoms with Gasteiger partial charge in [-0.3, -0.25) is 0 Å². The Kier molecular flexibility index (Phi) is 8.69. The van der Waals surface area contributed by atoms with Crippen LogP contribution in [0, 0.1) is 11.6 Å². The zero-order valence-corrected chi connectivity index (χ0v) is 24.7. The second kappa shape index (κ2) is 12.8. The number of alkyl halides is 2. The quantitative estimate of drug-likeness (QED) is 0.193. The summed E-state index contributed by atoms with van der Waals surface area (Å²) in [5.41, 5.74) is 6.85. The highest BCUT2D eigenvalue weighted by molar-refractivity contribution is 5.81. The van der Waals surface area contributed by atoms with E-state index in [-0.39, 0.29) is 49.0 Å². The van der Waals surface area contributed by atoms with E-state index in [9.17, 15) is 18.3 Å². The molecule has 15 heteroatoms. The Morgan fingerprint density at radius 2 is 1.89 bits per heavy atom. The normalized spacial score (nSPS) is 17.5. The lowest BCUT2D eigenvalue weighted by molar-refractivity contribution is -0.0658. The molecule has 4 N–H and O–H groups in total. The van der Waals surface area contributed by atoms with Crippen LogP contribution in [0.25, 0.3) is 22.6 Å². The smallest absolute Gasteiger partial charge is 0.265 e. The second-order valence-corrected chi connectivity index (χ2v) is 11.1. The standard InChI is InChI=1S/C31H31F4N9O2/c1-46-24-11-20(32)19(10-21(24)33)29-37-13-23(22(42-29)14-44-17-40-25-28(36)38-16-39-30(25)44)43-9-5-8-31(15-43,26(45)27(34)35)41-12-18-6-3-2-4-7-18/h2-4,6-7,10-11,13,16-17,26-27,41,45H,5,8-9,12,14-15H2,1H3,(H2,36,38,39)/t26-,31-/m1/s1. The predicted molar refractivity (Wildman–Crippen MR) is 162 cm³/mol. The van der Waals surface area contributed by atoms with Gasteiger partial charge in [0.25, 0.3) is 6.43 Å². The van der Waals surface area contributed by atoms with Gasteiger partial charge in [-0.15, -0.1) is 0 Å². The van der Waals surface area contributed by atoms with Gasteiger partial charge >= 0.3 is 0 Å². The van der Waals surface area contributed by atoms with Gasteiger partial charge in [0.2, 0.25) is 0 Å². The summed E-state index contributed by atoms with van der Waals surface area (Å²) in [5, 5.41) is 14.1. The maximum atomic E-state index is 15.1. The number of methoxy groups -OCH3 is 1. The van der Waals surface area contributed by atoms with Crippen molar-refractivity contribution in [3.8, 4) is 17.1 Å². The monoisotopic (exact) mass is 637 g/mol. The zero-order chi connectivity index (χ0) is 32.4. The van der Waals surface area contributed by atoms with Crippen molar-refractivity contribution in [1.82, 2.24) is 34.8 Å². The van der Waals surface area contributed by atoms with Crippen LogP contribution < -0.4 is 20.7 Å². The molecule has 5 aromatic rings. The first-order valence-electron chi connectivity index (χ1n) is 14.5. The lowest BCUT2D eigenvalue weighted by atomic mass is 9.83. The van der Waals surface area contributed by atoms with Gasteiger partial charge in [0, 0.05) is 25.7 Å². The summed E-state index contributed by atoms with van der Waals surface area (Å²) in [6, 6.07) is 11.2. The van der Waals surface area contributed by atoms with Gasteiger partial charge in [0.05, 0.1) is 48.7 Å². The van der Waals surface area contributed by atoms with Gasteiger partial charge in [-0.25, -0.2) is 42.5 Å². The molecule has 1 aliphatic rings. The average molecular weight is 638 g/mol. The van der Waals surface area contributed by atoms with E-state index in [1.54, 1.807) is 4.57 Å². The summed E-state index contributed by atoms with van der Waals surface area (Å²) in [5.74, 6) is -1.80. The number of nitrogens with two attached hydrogens (primary N) is 1. The Morgan fingerprint density at radius 3 is 2.65 bits per heavy atom. The number of nitrogen functional groups attached to an aromatic ring is 1. The fraction of sp³-hybridized carbons (Fsp3) is 0.323. The Morgan fingerprint density at radius 1 is 1.09 bits per heavy atom. The Balaban J connectivity index is 1.41. The minimum Gasteiger partial charge on any atom is -0.494 e. The molecular weight excluding hydrogens is 606 g/mol. The summed E-state index contributed by atoms with van der Waals surface area (Å²) in [7, 11) is 1.23. The molecule has 240 valence electrons. The molecule has 11 nitrogen and oxygen atoms in total. The highest BCUT2D eigenvalue weighted by atomic mass is 19.3. The molecule has 3 aromatic heterocycles. The van der Waals surface area contributed by atoms with E-state index in [0.717, 1.165) is 17.7 Å². The number of benzene rings is 2. The number of hydrogen-bond acceptors (Lipinski definition) is 10. The van der Waals surface area contributed by atoms with Crippen LogP contribution in [-0.2, 0) is 13.1 Å². The van der Waals surface area contributed by atoms with Crippen molar-refractivity contribution in [1.29, 1.82) is 0 Å². The topological polar surface area (TPSA) is 140 Å². The predicted octanol–water partition coefficient (Wildman–Crippen LogP) is 3.96. The SMILES string of the molecule is COc1cc(F)c(-c2ncc(N3CCC[C@](NCc4ccccc4)([C@H](O)C(F)F)C3)c(Cn3cnc4c(N)ncnc43)n2)cc1F. The number of fused-ring (bicyclic) bond motifs is 1. The molecule has 6 rings (SSSR count). The third-order valence-corrected chi connectivity index (χ3v) is 8.23. The minimum atomic E-state index is -3.00. The van der Waals surface area contributed by atoms with Gasteiger partial charge in [0.15, 0.2) is 28.9 Å². The van der Waals surface area contributed by atoms with Crippen LogP contribution in [0.1, 0.15) is 24.1 Å². The minimum absolute atomic E-state index is 0.00757. The highest BCUT2D eigenvalue weighted by Gasteiger charge is 2.46. The molecule has 0 spiro atoms. The first-order valence-corrected chi connectivity index (χ1v) is 14.5. The number of piperidine rings is 1. The summed E-state index contributed by atoms with van der Waals surface area (Å²) < 4.78 is 64.6. The molecule has 1 saturated heterocycles. The Labute approximate surface area is 261 Å². The van der Waals surface area contributed by atoms with Gasteiger partial charge in [0.1, 0.15) is 23.8 Å². The molecule has 2 aromatic carbocycles. The fourth-order valence-electron chi connectivity index (χ4n) is 5.85. The van der Waals surface area contributed by atoms with Gasteiger partial charge < -0.3 is 30.4 Å². The molecule has 1 aliphatic heterocycles. The van der Waals surface area contributed by atoms with E-state index in [4.69, 9.17) is 10.5 Å². The molecule has 0 aliphatic carbocycles. The third kappa shape index (κ3) is 6.02. The zero-order valence-electron chi connectivity index (χ0n) is 24.7. The van der Waals surface area contributed by atoms with Crippen LogP contribution in [0.15, 0.2) is 61.3 Å². The molecule has 1 fully saturated rings. The van der Waals surface area contributed by atoms with Crippen molar-refractivity contribution in [3.05, 3.63) is 84.2 Å². The van der Waals surface area contributed by atoms with Crippen LogP contribution >= 0.6 is 0 Å². The van der Waals surface area contributed by atoms with Crippen molar-refractivity contribution in [2.75, 3.05) is 30.8 Å². The second-order valence-electron chi connectivity index (χ2n) is 11.1.